The number of rotatable bonds is 5. The third kappa shape index (κ3) is 2.78. The second kappa shape index (κ2) is 4.92. The number of furan rings is 1. The minimum absolute atomic E-state index is 0.0212. The first kappa shape index (κ1) is 12.8. The SMILES string of the molecule is NC(=O)c1cc(S(=O)(=O)NCc2ccco2)cs1. The molecule has 0 radical (unpaired) electrons. The smallest absolute Gasteiger partial charge is 0.258 e. The number of carbonyl (C=O) groups excluding carboxylic acids is 1. The number of hydrogen-bond donors (Lipinski definition) is 2. The minimum Gasteiger partial charge on any atom is -0.468 e. The summed E-state index contributed by atoms with van der Waals surface area (Å²) in [6, 6.07) is 4.57. The molecule has 2 heterocycles. The predicted octanol–water partition coefficient (Wildman–Crippen LogP) is 0.918. The van der Waals surface area contributed by atoms with Crippen molar-refractivity contribution in [2.45, 2.75) is 11.4 Å². The molecule has 0 aliphatic carbocycles. The Kier molecular flexibility index (Phi) is 3.50. The quantitative estimate of drug-likeness (QED) is 0.853. The van der Waals surface area contributed by atoms with E-state index < -0.39 is 15.9 Å². The molecule has 0 aromatic carbocycles. The molecule has 2 aromatic rings. The highest BCUT2D eigenvalue weighted by molar-refractivity contribution is 7.89. The molecule has 0 saturated heterocycles. The number of nitrogens with one attached hydrogen (secondary N) is 1. The second-order valence-electron chi connectivity index (χ2n) is 3.41. The van der Waals surface area contributed by atoms with Crippen LogP contribution < -0.4 is 10.5 Å². The number of amides is 1. The average Bonchev–Trinajstić information content (AvgIpc) is 2.98. The van der Waals surface area contributed by atoms with Crippen molar-refractivity contribution in [1.29, 1.82) is 0 Å². The van der Waals surface area contributed by atoms with Gasteiger partial charge in [-0.3, -0.25) is 4.79 Å². The van der Waals surface area contributed by atoms with Crippen LogP contribution in [0, 0.1) is 0 Å². The van der Waals surface area contributed by atoms with Gasteiger partial charge < -0.3 is 10.2 Å². The number of primary amides is 1. The van der Waals surface area contributed by atoms with Gasteiger partial charge in [0.05, 0.1) is 22.6 Å². The molecule has 0 saturated carbocycles. The lowest BCUT2D eigenvalue weighted by molar-refractivity contribution is 0.100. The van der Waals surface area contributed by atoms with Crippen LogP contribution in [0.15, 0.2) is 39.2 Å². The Hall–Kier alpha value is -1.64. The van der Waals surface area contributed by atoms with Gasteiger partial charge in [-0.1, -0.05) is 0 Å². The van der Waals surface area contributed by atoms with Gasteiger partial charge in [0.15, 0.2) is 0 Å². The maximum atomic E-state index is 11.9. The molecule has 18 heavy (non-hydrogen) atoms. The summed E-state index contributed by atoms with van der Waals surface area (Å²) in [6.45, 7) is 0.0527. The van der Waals surface area contributed by atoms with E-state index in [9.17, 15) is 13.2 Å². The highest BCUT2D eigenvalue weighted by Crippen LogP contribution is 2.18. The highest BCUT2D eigenvalue weighted by atomic mass is 32.2. The van der Waals surface area contributed by atoms with Gasteiger partial charge in [0.2, 0.25) is 10.0 Å². The van der Waals surface area contributed by atoms with E-state index in [1.807, 2.05) is 0 Å². The molecule has 0 bridgehead atoms. The average molecular weight is 286 g/mol. The first-order valence-electron chi connectivity index (χ1n) is 4.89. The lowest BCUT2D eigenvalue weighted by atomic mass is 10.5. The lowest BCUT2D eigenvalue weighted by Crippen LogP contribution is -2.22. The van der Waals surface area contributed by atoms with Gasteiger partial charge in [-0.05, 0) is 18.2 Å². The Morgan fingerprint density at radius 3 is 2.83 bits per heavy atom. The maximum Gasteiger partial charge on any atom is 0.258 e. The maximum absolute atomic E-state index is 11.9. The molecule has 1 amide bonds. The van der Waals surface area contributed by atoms with Gasteiger partial charge >= 0.3 is 0 Å². The molecule has 2 aromatic heterocycles. The fourth-order valence-corrected chi connectivity index (χ4v) is 3.37. The molecular weight excluding hydrogens is 276 g/mol. The fraction of sp³-hybridized carbons (Fsp3) is 0.100. The molecular formula is C10H10N2O4S2. The number of sulfonamides is 1. The van der Waals surface area contributed by atoms with Crippen molar-refractivity contribution >= 4 is 27.3 Å². The summed E-state index contributed by atoms with van der Waals surface area (Å²) in [4.78, 5) is 11.1. The molecule has 0 unspecified atom stereocenters. The van der Waals surface area contributed by atoms with E-state index in [1.54, 1.807) is 12.1 Å². The minimum atomic E-state index is -3.66. The van der Waals surface area contributed by atoms with Gasteiger partial charge in [0.25, 0.3) is 5.91 Å². The molecule has 0 aliphatic rings. The van der Waals surface area contributed by atoms with E-state index in [1.165, 1.54) is 17.7 Å². The monoisotopic (exact) mass is 286 g/mol. The van der Waals surface area contributed by atoms with Crippen LogP contribution in [0.1, 0.15) is 15.4 Å². The van der Waals surface area contributed by atoms with Crippen LogP contribution in [0.5, 0.6) is 0 Å². The predicted molar refractivity (Wildman–Crippen MR) is 65.6 cm³/mol. The van der Waals surface area contributed by atoms with Gasteiger partial charge in [-0.2, -0.15) is 0 Å². The van der Waals surface area contributed by atoms with Crippen molar-refractivity contribution < 1.29 is 17.6 Å². The zero-order valence-electron chi connectivity index (χ0n) is 9.12. The topological polar surface area (TPSA) is 102 Å². The Bertz CT molecular complexity index is 643. The molecule has 2 rings (SSSR count). The summed E-state index contributed by atoms with van der Waals surface area (Å²) in [5.74, 6) is -0.142. The fourth-order valence-electron chi connectivity index (χ4n) is 1.25. The van der Waals surface area contributed by atoms with Crippen LogP contribution in [0.25, 0.3) is 0 Å². The molecule has 0 fully saturated rings. The van der Waals surface area contributed by atoms with E-state index >= 15 is 0 Å². The van der Waals surface area contributed by atoms with Crippen LogP contribution in [-0.4, -0.2) is 14.3 Å². The van der Waals surface area contributed by atoms with Gasteiger partial charge in [0, 0.05) is 5.38 Å². The number of thiophene rings is 1. The Balaban J connectivity index is 2.12. The Morgan fingerprint density at radius 2 is 2.28 bits per heavy atom. The molecule has 6 nitrogen and oxygen atoms in total. The summed E-state index contributed by atoms with van der Waals surface area (Å²) >= 11 is 0.991. The zero-order chi connectivity index (χ0) is 13.2. The Labute approximate surface area is 107 Å². The summed E-state index contributed by atoms with van der Waals surface area (Å²) in [5, 5.41) is 1.37. The van der Waals surface area contributed by atoms with Gasteiger partial charge in [-0.25, -0.2) is 13.1 Å². The van der Waals surface area contributed by atoms with Crippen molar-refractivity contribution in [3.8, 4) is 0 Å². The van der Waals surface area contributed by atoms with Crippen molar-refractivity contribution in [1.82, 2.24) is 4.72 Å². The number of nitrogens with two attached hydrogens (primary N) is 1. The lowest BCUT2D eigenvalue weighted by Gasteiger charge is -2.02. The van der Waals surface area contributed by atoms with Crippen LogP contribution in [-0.2, 0) is 16.6 Å². The van der Waals surface area contributed by atoms with Crippen LogP contribution in [0.4, 0.5) is 0 Å². The number of carbonyl (C=O) groups is 1. The van der Waals surface area contributed by atoms with Crippen molar-refractivity contribution in [3.63, 3.8) is 0 Å². The third-order valence-electron chi connectivity index (χ3n) is 2.15. The second-order valence-corrected chi connectivity index (χ2v) is 6.09. The summed E-state index contributed by atoms with van der Waals surface area (Å²) in [6.07, 6.45) is 1.46. The van der Waals surface area contributed by atoms with Crippen molar-refractivity contribution in [2.24, 2.45) is 5.73 Å². The molecule has 8 heteroatoms. The zero-order valence-corrected chi connectivity index (χ0v) is 10.8. The number of hydrogen-bond acceptors (Lipinski definition) is 5. The highest BCUT2D eigenvalue weighted by Gasteiger charge is 2.17. The van der Waals surface area contributed by atoms with E-state index in [0.29, 0.717) is 5.76 Å². The van der Waals surface area contributed by atoms with E-state index in [-0.39, 0.29) is 16.3 Å². The molecule has 3 N–H and O–H groups in total. The van der Waals surface area contributed by atoms with E-state index in [4.69, 9.17) is 10.2 Å². The summed E-state index contributed by atoms with van der Waals surface area (Å²) < 4.78 is 31.1. The summed E-state index contributed by atoms with van der Waals surface area (Å²) in [7, 11) is -3.66. The third-order valence-corrected chi connectivity index (χ3v) is 4.62. The van der Waals surface area contributed by atoms with Gasteiger partial charge in [0.1, 0.15) is 5.76 Å². The van der Waals surface area contributed by atoms with E-state index in [0.717, 1.165) is 11.3 Å². The first-order valence-corrected chi connectivity index (χ1v) is 7.26. The summed E-state index contributed by atoms with van der Waals surface area (Å²) in [5.41, 5.74) is 5.06. The largest absolute Gasteiger partial charge is 0.468 e. The van der Waals surface area contributed by atoms with Crippen LogP contribution in [0.2, 0.25) is 0 Å². The first-order chi connectivity index (χ1) is 8.49. The molecule has 0 spiro atoms. The van der Waals surface area contributed by atoms with Gasteiger partial charge in [-0.15, -0.1) is 11.3 Å². The molecule has 0 aliphatic heterocycles. The van der Waals surface area contributed by atoms with Crippen molar-refractivity contribution in [2.75, 3.05) is 0 Å². The standard InChI is InChI=1S/C10H10N2O4S2/c11-10(13)9-4-8(6-17-9)18(14,15)12-5-7-2-1-3-16-7/h1-4,6,12H,5H2,(H2,11,13). The molecule has 96 valence electrons. The Morgan fingerprint density at radius 1 is 1.50 bits per heavy atom. The normalized spacial score (nSPS) is 11.6. The van der Waals surface area contributed by atoms with Crippen LogP contribution >= 0.6 is 11.3 Å². The van der Waals surface area contributed by atoms with Crippen molar-refractivity contribution in [3.05, 3.63) is 40.5 Å². The molecule has 0 atom stereocenters. The van der Waals surface area contributed by atoms with E-state index in [2.05, 4.69) is 4.72 Å². The van der Waals surface area contributed by atoms with Crippen LogP contribution in [0.3, 0.4) is 0 Å².